The summed E-state index contributed by atoms with van der Waals surface area (Å²) in [6, 6.07) is 20.4. The van der Waals surface area contributed by atoms with Crippen molar-refractivity contribution in [3.63, 3.8) is 0 Å². The Morgan fingerprint density at radius 2 is 1.61 bits per heavy atom. The summed E-state index contributed by atoms with van der Waals surface area (Å²) in [5.74, 6) is 0.247. The van der Waals surface area contributed by atoms with Crippen LogP contribution in [0.5, 0.6) is 5.75 Å². The van der Waals surface area contributed by atoms with Gasteiger partial charge in [0, 0.05) is 6.54 Å². The lowest BCUT2D eigenvalue weighted by Gasteiger charge is -2.31. The zero-order chi connectivity index (χ0) is 25.8. The fourth-order valence-corrected chi connectivity index (χ4v) is 4.99. The molecule has 1 saturated heterocycles. The minimum Gasteiger partial charge on any atom is -0.489 e. The van der Waals surface area contributed by atoms with E-state index < -0.39 is 21.9 Å². The molecule has 1 aliphatic heterocycles. The van der Waals surface area contributed by atoms with E-state index in [1.165, 1.54) is 11.6 Å². The summed E-state index contributed by atoms with van der Waals surface area (Å²) in [5.41, 5.74) is 1.90. The molecule has 1 aliphatic rings. The second kappa shape index (κ2) is 11.0. The van der Waals surface area contributed by atoms with Gasteiger partial charge < -0.3 is 9.64 Å². The second-order valence-corrected chi connectivity index (χ2v) is 10.6. The maximum Gasteiger partial charge on any atom is 0.417 e. The molecule has 1 N–H and O–H groups in total. The van der Waals surface area contributed by atoms with E-state index in [1.807, 2.05) is 29.2 Å². The summed E-state index contributed by atoms with van der Waals surface area (Å²) in [4.78, 5) is 2.03. The highest BCUT2D eigenvalue weighted by atomic mass is 32.2. The molecule has 0 spiro atoms. The quantitative estimate of drug-likeness (QED) is 0.369. The Morgan fingerprint density at radius 3 is 2.22 bits per heavy atom. The van der Waals surface area contributed by atoms with Gasteiger partial charge in [-0.15, -0.1) is 0 Å². The van der Waals surface area contributed by atoms with E-state index in [9.17, 15) is 21.6 Å². The third-order valence-electron chi connectivity index (χ3n) is 6.49. The van der Waals surface area contributed by atoms with Crippen LogP contribution in [0.1, 0.15) is 35.4 Å². The van der Waals surface area contributed by atoms with Gasteiger partial charge in [0.25, 0.3) is 10.1 Å². The molecule has 0 unspecified atom stereocenters. The monoisotopic (exact) mass is 519 g/mol. The van der Waals surface area contributed by atoms with Crippen molar-refractivity contribution in [2.75, 3.05) is 25.4 Å². The fourth-order valence-electron chi connectivity index (χ4n) is 4.50. The standard InChI is InChI=1S/C27H28F3NO4S/c28-27(29,30)26-18-24(10-11-25(26)23-4-2-1-3-5-23)35-19-20-6-8-21(9-7-20)22-12-14-31(15-13-22)16-17-36(32,33)34/h1-11,18,22H,12-17,19H2,(H,32,33,34). The summed E-state index contributed by atoms with van der Waals surface area (Å²) in [7, 11) is -3.95. The van der Waals surface area contributed by atoms with E-state index in [1.54, 1.807) is 36.4 Å². The van der Waals surface area contributed by atoms with Crippen LogP contribution in [-0.4, -0.2) is 43.3 Å². The number of rotatable bonds is 8. The van der Waals surface area contributed by atoms with Crippen LogP contribution in [-0.2, 0) is 22.9 Å². The smallest absolute Gasteiger partial charge is 0.417 e. The highest BCUT2D eigenvalue weighted by Gasteiger charge is 2.34. The van der Waals surface area contributed by atoms with Gasteiger partial charge in [-0.25, -0.2) is 0 Å². The molecule has 3 aromatic rings. The molecule has 4 rings (SSSR count). The van der Waals surface area contributed by atoms with E-state index in [0.717, 1.165) is 37.6 Å². The summed E-state index contributed by atoms with van der Waals surface area (Å²) in [6.07, 6.45) is -2.74. The molecule has 0 atom stereocenters. The van der Waals surface area contributed by atoms with E-state index >= 15 is 0 Å². The lowest BCUT2D eigenvalue weighted by molar-refractivity contribution is -0.137. The van der Waals surface area contributed by atoms with Crippen molar-refractivity contribution in [2.45, 2.75) is 31.5 Å². The minimum atomic E-state index is -4.51. The van der Waals surface area contributed by atoms with Crippen molar-refractivity contribution in [3.05, 3.63) is 89.5 Å². The molecule has 0 saturated carbocycles. The van der Waals surface area contributed by atoms with E-state index in [4.69, 9.17) is 9.29 Å². The predicted octanol–water partition coefficient (Wildman–Crippen LogP) is 6.02. The van der Waals surface area contributed by atoms with Gasteiger partial charge in [0.1, 0.15) is 12.4 Å². The van der Waals surface area contributed by atoms with E-state index in [-0.39, 0.29) is 23.7 Å². The van der Waals surface area contributed by atoms with Gasteiger partial charge in [0.05, 0.1) is 11.3 Å². The Kier molecular flexibility index (Phi) is 8.02. The van der Waals surface area contributed by atoms with E-state index in [2.05, 4.69) is 0 Å². The third-order valence-corrected chi connectivity index (χ3v) is 7.19. The Labute approximate surface area is 209 Å². The van der Waals surface area contributed by atoms with Crippen LogP contribution in [0.4, 0.5) is 13.2 Å². The van der Waals surface area contributed by atoms with Crippen LogP contribution in [0.15, 0.2) is 72.8 Å². The first-order valence-corrected chi connectivity index (χ1v) is 13.4. The second-order valence-electron chi connectivity index (χ2n) is 9.00. The van der Waals surface area contributed by atoms with Crippen LogP contribution < -0.4 is 4.74 Å². The number of hydrogen-bond acceptors (Lipinski definition) is 4. The molecular formula is C27H28F3NO4S. The Morgan fingerprint density at radius 1 is 0.944 bits per heavy atom. The molecule has 9 heteroatoms. The molecular weight excluding hydrogens is 491 g/mol. The van der Waals surface area contributed by atoms with E-state index in [0.29, 0.717) is 18.0 Å². The molecule has 1 fully saturated rings. The zero-order valence-electron chi connectivity index (χ0n) is 19.6. The van der Waals surface area contributed by atoms with Gasteiger partial charge >= 0.3 is 6.18 Å². The van der Waals surface area contributed by atoms with Gasteiger partial charge in [0.15, 0.2) is 0 Å². The predicted molar refractivity (Wildman–Crippen MR) is 132 cm³/mol. The maximum atomic E-state index is 13.7. The number of likely N-dealkylation sites (tertiary alicyclic amines) is 1. The number of nitrogens with zero attached hydrogens (tertiary/aromatic N) is 1. The fraction of sp³-hybridized carbons (Fsp3) is 0.333. The first-order chi connectivity index (χ1) is 17.1. The van der Waals surface area contributed by atoms with Crippen LogP contribution in [0.2, 0.25) is 0 Å². The minimum absolute atomic E-state index is 0.115. The summed E-state index contributed by atoms with van der Waals surface area (Å²) >= 11 is 0. The van der Waals surface area contributed by atoms with Gasteiger partial charge in [-0.3, -0.25) is 4.55 Å². The Hall–Kier alpha value is -2.88. The lowest BCUT2D eigenvalue weighted by Crippen LogP contribution is -2.36. The molecule has 0 radical (unpaired) electrons. The molecule has 3 aromatic carbocycles. The van der Waals surface area contributed by atoms with Crippen molar-refractivity contribution >= 4 is 10.1 Å². The molecule has 0 aliphatic carbocycles. The number of ether oxygens (including phenoxy) is 1. The maximum absolute atomic E-state index is 13.7. The number of halogens is 3. The summed E-state index contributed by atoms with van der Waals surface area (Å²) < 4.78 is 77.7. The normalized spacial score (nSPS) is 15.7. The summed E-state index contributed by atoms with van der Waals surface area (Å²) in [5, 5.41) is 0. The van der Waals surface area contributed by atoms with Crippen LogP contribution in [0.25, 0.3) is 11.1 Å². The molecule has 0 aromatic heterocycles. The molecule has 0 amide bonds. The van der Waals surface area contributed by atoms with Crippen molar-refractivity contribution in [1.82, 2.24) is 4.90 Å². The van der Waals surface area contributed by atoms with Gasteiger partial charge in [0.2, 0.25) is 0 Å². The number of benzene rings is 3. The van der Waals surface area contributed by atoms with Crippen molar-refractivity contribution < 1.29 is 30.9 Å². The molecule has 1 heterocycles. The zero-order valence-corrected chi connectivity index (χ0v) is 20.4. The van der Waals surface area contributed by atoms with Crippen LogP contribution in [0.3, 0.4) is 0 Å². The van der Waals surface area contributed by atoms with Crippen molar-refractivity contribution in [3.8, 4) is 16.9 Å². The van der Waals surface area contributed by atoms with Gasteiger partial charge in [-0.05, 0) is 66.2 Å². The molecule has 5 nitrogen and oxygen atoms in total. The average molecular weight is 520 g/mol. The van der Waals surface area contributed by atoms with Crippen LogP contribution in [0, 0.1) is 0 Å². The molecule has 0 bridgehead atoms. The Bertz CT molecular complexity index is 1250. The SMILES string of the molecule is O=S(=O)(O)CCN1CCC(c2ccc(COc3ccc(-c4ccccc4)c(C(F)(F)F)c3)cc2)CC1. The highest BCUT2D eigenvalue weighted by Crippen LogP contribution is 2.39. The Balaban J connectivity index is 1.36. The third kappa shape index (κ3) is 7.09. The van der Waals surface area contributed by atoms with Crippen molar-refractivity contribution in [2.24, 2.45) is 0 Å². The number of piperidine rings is 1. The van der Waals surface area contributed by atoms with Crippen LogP contribution >= 0.6 is 0 Å². The lowest BCUT2D eigenvalue weighted by atomic mass is 9.89. The van der Waals surface area contributed by atoms with Gasteiger partial charge in [-0.2, -0.15) is 21.6 Å². The molecule has 36 heavy (non-hydrogen) atoms. The topological polar surface area (TPSA) is 66.8 Å². The first-order valence-electron chi connectivity index (χ1n) is 11.7. The average Bonchev–Trinajstić information content (AvgIpc) is 2.86. The van der Waals surface area contributed by atoms with Gasteiger partial charge in [-0.1, -0.05) is 60.7 Å². The number of hydrogen-bond donors (Lipinski definition) is 1. The summed E-state index contributed by atoms with van der Waals surface area (Å²) in [6.45, 7) is 1.98. The van der Waals surface area contributed by atoms with Crippen molar-refractivity contribution in [1.29, 1.82) is 0 Å². The first kappa shape index (κ1) is 26.2. The number of alkyl halides is 3. The highest BCUT2D eigenvalue weighted by molar-refractivity contribution is 7.85. The largest absolute Gasteiger partial charge is 0.489 e. The molecule has 192 valence electrons.